The molecule has 5 heteroatoms. The minimum Gasteiger partial charge on any atom is -0.490 e. The second-order valence-corrected chi connectivity index (χ2v) is 5.99. The second kappa shape index (κ2) is 6.19. The molecule has 21 heavy (non-hydrogen) atoms. The Bertz CT molecular complexity index is 660. The van der Waals surface area contributed by atoms with Crippen LogP contribution in [0.3, 0.4) is 0 Å². The first-order valence-corrected chi connectivity index (χ1v) is 7.75. The third-order valence-corrected chi connectivity index (χ3v) is 4.28. The molecule has 0 aliphatic carbocycles. The molecule has 0 saturated carbocycles. The van der Waals surface area contributed by atoms with Gasteiger partial charge < -0.3 is 14.6 Å². The number of aliphatic hydroxyl groups excluding tert-OH is 1. The fraction of sp³-hybridized carbons (Fsp3) is 0.250. The van der Waals surface area contributed by atoms with E-state index in [9.17, 15) is 9.50 Å². The Morgan fingerprint density at radius 3 is 2.57 bits per heavy atom. The highest BCUT2D eigenvalue weighted by Gasteiger charge is 2.18. The van der Waals surface area contributed by atoms with E-state index >= 15 is 0 Å². The molecule has 1 aliphatic rings. The Morgan fingerprint density at radius 1 is 1.05 bits per heavy atom. The van der Waals surface area contributed by atoms with Crippen LogP contribution in [0.15, 0.2) is 36.4 Å². The molecule has 2 aromatic carbocycles. The first-order valence-electron chi connectivity index (χ1n) is 6.68. The van der Waals surface area contributed by atoms with Gasteiger partial charge >= 0.3 is 0 Å². The van der Waals surface area contributed by atoms with Crippen molar-refractivity contribution in [1.29, 1.82) is 0 Å². The average Bonchev–Trinajstić information content (AvgIpc) is 2.71. The molecule has 0 aromatic heterocycles. The van der Waals surface area contributed by atoms with Crippen LogP contribution in [0.2, 0.25) is 0 Å². The molecule has 1 unspecified atom stereocenters. The lowest BCUT2D eigenvalue weighted by Crippen LogP contribution is -2.03. The topological polar surface area (TPSA) is 38.7 Å². The Kier molecular flexibility index (Phi) is 4.30. The van der Waals surface area contributed by atoms with Crippen LogP contribution in [0.4, 0.5) is 4.39 Å². The van der Waals surface area contributed by atoms with Gasteiger partial charge in [0.2, 0.25) is 0 Å². The van der Waals surface area contributed by atoms with Crippen LogP contribution >= 0.6 is 22.6 Å². The van der Waals surface area contributed by atoms with E-state index in [1.54, 1.807) is 24.3 Å². The highest BCUT2D eigenvalue weighted by Crippen LogP contribution is 2.35. The van der Waals surface area contributed by atoms with Crippen molar-refractivity contribution >= 4 is 22.6 Å². The van der Waals surface area contributed by atoms with Crippen molar-refractivity contribution < 1.29 is 19.0 Å². The maximum atomic E-state index is 13.2. The van der Waals surface area contributed by atoms with Gasteiger partial charge in [0.05, 0.1) is 13.2 Å². The van der Waals surface area contributed by atoms with Gasteiger partial charge in [0.25, 0.3) is 0 Å². The van der Waals surface area contributed by atoms with Crippen LogP contribution in [0.1, 0.15) is 23.7 Å². The van der Waals surface area contributed by atoms with E-state index in [0.717, 1.165) is 6.42 Å². The maximum Gasteiger partial charge on any atom is 0.161 e. The quantitative estimate of drug-likeness (QED) is 0.783. The highest BCUT2D eigenvalue weighted by atomic mass is 127. The van der Waals surface area contributed by atoms with E-state index in [2.05, 4.69) is 0 Å². The lowest BCUT2D eigenvalue weighted by atomic mass is 10.0. The lowest BCUT2D eigenvalue weighted by molar-refractivity contribution is 0.218. The molecule has 110 valence electrons. The third-order valence-electron chi connectivity index (χ3n) is 3.34. The van der Waals surface area contributed by atoms with Crippen LogP contribution in [0.25, 0.3) is 0 Å². The zero-order chi connectivity index (χ0) is 14.8. The fourth-order valence-electron chi connectivity index (χ4n) is 2.25. The number of halogens is 2. The molecule has 0 amide bonds. The first-order chi connectivity index (χ1) is 10.1. The van der Waals surface area contributed by atoms with E-state index in [1.165, 1.54) is 12.1 Å². The number of aliphatic hydroxyl groups is 1. The number of benzene rings is 2. The number of rotatable bonds is 2. The Labute approximate surface area is 135 Å². The van der Waals surface area contributed by atoms with Crippen molar-refractivity contribution in [2.75, 3.05) is 13.2 Å². The normalized spacial score (nSPS) is 15.4. The van der Waals surface area contributed by atoms with E-state index in [0.29, 0.717) is 39.4 Å². The first kappa shape index (κ1) is 14.6. The molecule has 2 aromatic rings. The van der Waals surface area contributed by atoms with Crippen LogP contribution in [0.5, 0.6) is 11.5 Å². The van der Waals surface area contributed by atoms with Crippen molar-refractivity contribution in [1.82, 2.24) is 0 Å². The summed E-state index contributed by atoms with van der Waals surface area (Å²) in [6.45, 7) is 1.23. The Hall–Kier alpha value is -1.34. The Balaban J connectivity index is 1.94. The smallest absolute Gasteiger partial charge is 0.161 e. The summed E-state index contributed by atoms with van der Waals surface area (Å²) in [5, 5.41) is 10.5. The van der Waals surface area contributed by atoms with Gasteiger partial charge in [-0.2, -0.15) is 0 Å². The van der Waals surface area contributed by atoms with Crippen molar-refractivity contribution in [2.24, 2.45) is 0 Å². The summed E-state index contributed by atoms with van der Waals surface area (Å²) in [5.74, 6) is 1.02. The number of hydrogen-bond donors (Lipinski definition) is 1. The van der Waals surface area contributed by atoms with Gasteiger partial charge in [0, 0.05) is 9.99 Å². The maximum absolute atomic E-state index is 13.2. The molecule has 3 rings (SSSR count). The zero-order valence-electron chi connectivity index (χ0n) is 11.2. The largest absolute Gasteiger partial charge is 0.490 e. The van der Waals surface area contributed by atoms with Gasteiger partial charge in [-0.3, -0.25) is 0 Å². The molecular formula is C16H14FIO3. The summed E-state index contributed by atoms with van der Waals surface area (Å²) in [7, 11) is 0. The van der Waals surface area contributed by atoms with Crippen molar-refractivity contribution in [3.8, 4) is 11.5 Å². The zero-order valence-corrected chi connectivity index (χ0v) is 13.3. The van der Waals surface area contributed by atoms with Crippen LogP contribution in [-0.4, -0.2) is 18.3 Å². The monoisotopic (exact) mass is 400 g/mol. The molecule has 1 aliphatic heterocycles. The summed E-state index contributed by atoms with van der Waals surface area (Å²) < 4.78 is 25.0. The van der Waals surface area contributed by atoms with Gasteiger partial charge in [0.1, 0.15) is 11.9 Å². The van der Waals surface area contributed by atoms with Gasteiger partial charge in [-0.25, -0.2) is 4.39 Å². The Morgan fingerprint density at radius 2 is 1.81 bits per heavy atom. The van der Waals surface area contributed by atoms with E-state index in [-0.39, 0.29) is 5.82 Å². The fourth-order valence-corrected chi connectivity index (χ4v) is 3.03. The predicted molar refractivity (Wildman–Crippen MR) is 85.2 cm³/mol. The van der Waals surface area contributed by atoms with Gasteiger partial charge in [-0.1, -0.05) is 12.1 Å². The molecule has 0 bridgehead atoms. The van der Waals surface area contributed by atoms with Crippen molar-refractivity contribution in [3.05, 3.63) is 56.9 Å². The standard InChI is InChI=1S/C16H14FIO3/c17-11-3-4-12(13(18)9-11)16(19)10-2-5-14-15(8-10)21-7-1-6-20-14/h2-5,8-9,16,19H,1,6-7H2. The summed E-state index contributed by atoms with van der Waals surface area (Å²) in [6, 6.07) is 9.74. The lowest BCUT2D eigenvalue weighted by Gasteiger charge is -2.15. The highest BCUT2D eigenvalue weighted by molar-refractivity contribution is 14.1. The third kappa shape index (κ3) is 3.13. The molecule has 1 N–H and O–H groups in total. The van der Waals surface area contributed by atoms with Gasteiger partial charge in [-0.05, 0) is 58.0 Å². The van der Waals surface area contributed by atoms with E-state index in [1.807, 2.05) is 22.6 Å². The SMILES string of the molecule is OC(c1ccc2c(c1)OCCCO2)c1ccc(F)cc1I. The minimum absolute atomic E-state index is 0.311. The van der Waals surface area contributed by atoms with Crippen molar-refractivity contribution in [2.45, 2.75) is 12.5 Å². The molecule has 1 heterocycles. The molecule has 3 nitrogen and oxygen atoms in total. The number of hydrogen-bond acceptors (Lipinski definition) is 3. The van der Waals surface area contributed by atoms with Crippen LogP contribution in [-0.2, 0) is 0 Å². The molecule has 0 saturated heterocycles. The molecule has 0 spiro atoms. The summed E-state index contributed by atoms with van der Waals surface area (Å²) >= 11 is 2.02. The molecule has 1 atom stereocenters. The second-order valence-electron chi connectivity index (χ2n) is 4.83. The average molecular weight is 400 g/mol. The van der Waals surface area contributed by atoms with Crippen LogP contribution in [0, 0.1) is 9.39 Å². The number of fused-ring (bicyclic) bond motifs is 1. The van der Waals surface area contributed by atoms with Crippen molar-refractivity contribution in [3.63, 3.8) is 0 Å². The van der Waals surface area contributed by atoms with E-state index < -0.39 is 6.10 Å². The predicted octanol–water partition coefficient (Wildman–Crippen LogP) is 3.67. The summed E-state index contributed by atoms with van der Waals surface area (Å²) in [5.41, 5.74) is 1.37. The molecule has 0 fully saturated rings. The van der Waals surface area contributed by atoms with Gasteiger partial charge in [-0.15, -0.1) is 0 Å². The minimum atomic E-state index is -0.824. The molecule has 0 radical (unpaired) electrons. The molecular weight excluding hydrogens is 386 g/mol. The van der Waals surface area contributed by atoms with Crippen LogP contribution < -0.4 is 9.47 Å². The van der Waals surface area contributed by atoms with Gasteiger partial charge in [0.15, 0.2) is 11.5 Å². The number of ether oxygens (including phenoxy) is 2. The summed E-state index contributed by atoms with van der Waals surface area (Å²) in [6.07, 6.45) is 0.0113. The van der Waals surface area contributed by atoms with E-state index in [4.69, 9.17) is 9.47 Å². The summed E-state index contributed by atoms with van der Waals surface area (Å²) in [4.78, 5) is 0.